The van der Waals surface area contributed by atoms with Gasteiger partial charge in [0.15, 0.2) is 0 Å². The molecule has 0 unspecified atom stereocenters. The maximum absolute atomic E-state index is 14.1. The van der Waals surface area contributed by atoms with E-state index in [2.05, 4.69) is 0 Å². The van der Waals surface area contributed by atoms with Crippen LogP contribution in [0.15, 0.2) is 54.6 Å². The Hall–Kier alpha value is -3.06. The highest BCUT2D eigenvalue weighted by atomic mass is 19.1. The number of hydrogen-bond donors (Lipinski definition) is 1. The van der Waals surface area contributed by atoms with Gasteiger partial charge in [-0.1, -0.05) is 55.3 Å². The van der Waals surface area contributed by atoms with Crippen molar-refractivity contribution in [3.8, 4) is 0 Å². The van der Waals surface area contributed by atoms with Gasteiger partial charge in [-0.05, 0) is 36.1 Å². The summed E-state index contributed by atoms with van der Waals surface area (Å²) >= 11 is 0. The lowest BCUT2D eigenvalue weighted by atomic mass is 9.75. The molecule has 174 valence electrons. The SMILES string of the molecule is CN(C[C@@H](O)c1ccccc1)C(=O)C[C@]1(c2cccc(F)c2)CC(=O)N(C2CCCC2)C1=O. The van der Waals surface area contributed by atoms with Crippen LogP contribution in [0.1, 0.15) is 55.8 Å². The van der Waals surface area contributed by atoms with Gasteiger partial charge in [-0.25, -0.2) is 4.39 Å². The summed E-state index contributed by atoms with van der Waals surface area (Å²) in [7, 11) is 1.56. The highest BCUT2D eigenvalue weighted by molar-refractivity contribution is 6.11. The normalized spacial score (nSPS) is 22.1. The molecule has 1 aliphatic carbocycles. The van der Waals surface area contributed by atoms with Crippen molar-refractivity contribution in [1.82, 2.24) is 9.80 Å². The number of aliphatic hydroxyl groups excluding tert-OH is 1. The summed E-state index contributed by atoms with van der Waals surface area (Å²) in [6.45, 7) is 0.0382. The van der Waals surface area contributed by atoms with Gasteiger partial charge in [0.2, 0.25) is 17.7 Å². The average molecular weight is 453 g/mol. The number of imide groups is 1. The largest absolute Gasteiger partial charge is 0.387 e. The van der Waals surface area contributed by atoms with E-state index in [9.17, 15) is 23.9 Å². The summed E-state index contributed by atoms with van der Waals surface area (Å²) in [6, 6.07) is 14.5. The quantitative estimate of drug-likeness (QED) is 0.654. The molecule has 1 N–H and O–H groups in total. The fourth-order valence-electron chi connectivity index (χ4n) is 5.08. The molecule has 7 heteroatoms. The molecule has 0 radical (unpaired) electrons. The number of rotatable bonds is 7. The molecule has 2 atom stereocenters. The molecule has 1 aliphatic heterocycles. The highest BCUT2D eigenvalue weighted by Gasteiger charge is 2.55. The van der Waals surface area contributed by atoms with Crippen LogP contribution < -0.4 is 0 Å². The molecule has 1 saturated carbocycles. The third-order valence-corrected chi connectivity index (χ3v) is 6.93. The van der Waals surface area contributed by atoms with Gasteiger partial charge in [0.1, 0.15) is 5.82 Å². The van der Waals surface area contributed by atoms with E-state index in [4.69, 9.17) is 0 Å². The van der Waals surface area contributed by atoms with Crippen molar-refractivity contribution in [2.45, 2.75) is 56.1 Å². The van der Waals surface area contributed by atoms with Gasteiger partial charge in [-0.3, -0.25) is 19.3 Å². The molecule has 0 bridgehead atoms. The van der Waals surface area contributed by atoms with E-state index < -0.39 is 23.2 Å². The molecule has 2 aliphatic rings. The first-order valence-corrected chi connectivity index (χ1v) is 11.4. The number of benzene rings is 2. The molecule has 2 fully saturated rings. The molecular formula is C26H29FN2O4. The number of carbonyl (C=O) groups excluding carboxylic acids is 3. The fourth-order valence-corrected chi connectivity index (χ4v) is 5.08. The summed E-state index contributed by atoms with van der Waals surface area (Å²) in [6.07, 6.45) is 2.11. The Labute approximate surface area is 193 Å². The molecule has 2 aromatic carbocycles. The van der Waals surface area contributed by atoms with Crippen molar-refractivity contribution in [2.75, 3.05) is 13.6 Å². The van der Waals surface area contributed by atoms with Gasteiger partial charge in [-0.15, -0.1) is 0 Å². The molecule has 1 heterocycles. The molecule has 3 amide bonds. The maximum atomic E-state index is 14.1. The predicted octanol–water partition coefficient (Wildman–Crippen LogP) is 3.35. The Morgan fingerprint density at radius 1 is 1.15 bits per heavy atom. The monoisotopic (exact) mass is 452 g/mol. The maximum Gasteiger partial charge on any atom is 0.241 e. The van der Waals surface area contributed by atoms with E-state index in [0.717, 1.165) is 25.7 Å². The summed E-state index contributed by atoms with van der Waals surface area (Å²) < 4.78 is 14.1. The van der Waals surface area contributed by atoms with Crippen LogP contribution in [0.25, 0.3) is 0 Å². The van der Waals surface area contributed by atoms with Crippen molar-refractivity contribution in [1.29, 1.82) is 0 Å². The lowest BCUT2D eigenvalue weighted by Crippen LogP contribution is -2.45. The van der Waals surface area contributed by atoms with E-state index in [-0.39, 0.29) is 37.2 Å². The molecule has 6 nitrogen and oxygen atoms in total. The number of amides is 3. The van der Waals surface area contributed by atoms with Gasteiger partial charge in [0, 0.05) is 25.9 Å². The second-order valence-electron chi connectivity index (χ2n) is 9.15. The lowest BCUT2D eigenvalue weighted by molar-refractivity contribution is -0.144. The van der Waals surface area contributed by atoms with Crippen molar-refractivity contribution in [3.63, 3.8) is 0 Å². The van der Waals surface area contributed by atoms with E-state index in [0.29, 0.717) is 11.1 Å². The first-order chi connectivity index (χ1) is 15.8. The molecule has 2 aromatic rings. The van der Waals surface area contributed by atoms with Crippen LogP contribution in [0.3, 0.4) is 0 Å². The number of aliphatic hydroxyl groups is 1. The molecular weight excluding hydrogens is 423 g/mol. The minimum absolute atomic E-state index is 0.0382. The first-order valence-electron chi connectivity index (χ1n) is 11.4. The standard InChI is InChI=1S/C26H29FN2O4/c1-28(17-22(30)18-8-3-2-4-9-18)23(31)15-26(19-10-7-11-20(27)14-19)16-24(32)29(25(26)33)21-12-5-6-13-21/h2-4,7-11,14,21-22,30H,5-6,12-13,15-17H2,1H3/t22-,26-/m1/s1. The topological polar surface area (TPSA) is 77.9 Å². The Morgan fingerprint density at radius 3 is 2.52 bits per heavy atom. The van der Waals surface area contributed by atoms with Crippen LogP contribution in [-0.2, 0) is 19.8 Å². The number of likely N-dealkylation sites (tertiary alicyclic amines) is 1. The third-order valence-electron chi connectivity index (χ3n) is 6.93. The van der Waals surface area contributed by atoms with Crippen molar-refractivity contribution < 1.29 is 23.9 Å². The lowest BCUT2D eigenvalue weighted by Gasteiger charge is -2.31. The Morgan fingerprint density at radius 2 is 1.85 bits per heavy atom. The first kappa shape index (κ1) is 23.1. The predicted molar refractivity (Wildman–Crippen MR) is 120 cm³/mol. The Kier molecular flexibility index (Phi) is 6.61. The zero-order chi connectivity index (χ0) is 23.6. The van der Waals surface area contributed by atoms with Crippen LogP contribution in [0.2, 0.25) is 0 Å². The molecule has 33 heavy (non-hydrogen) atoms. The summed E-state index contributed by atoms with van der Waals surface area (Å²) in [5, 5.41) is 10.5. The summed E-state index contributed by atoms with van der Waals surface area (Å²) in [5.74, 6) is -1.64. The number of halogens is 1. The van der Waals surface area contributed by atoms with Crippen molar-refractivity contribution in [3.05, 3.63) is 71.5 Å². The van der Waals surface area contributed by atoms with Gasteiger partial charge in [-0.2, -0.15) is 0 Å². The van der Waals surface area contributed by atoms with Crippen LogP contribution in [0, 0.1) is 5.82 Å². The van der Waals surface area contributed by atoms with Crippen LogP contribution in [0.4, 0.5) is 4.39 Å². The average Bonchev–Trinajstić information content (AvgIpc) is 3.41. The van der Waals surface area contributed by atoms with Gasteiger partial charge in [0.05, 0.1) is 18.1 Å². The van der Waals surface area contributed by atoms with E-state index in [1.807, 2.05) is 6.07 Å². The van der Waals surface area contributed by atoms with Crippen LogP contribution in [0.5, 0.6) is 0 Å². The summed E-state index contributed by atoms with van der Waals surface area (Å²) in [4.78, 5) is 42.6. The molecule has 0 spiro atoms. The molecule has 1 saturated heterocycles. The molecule has 0 aromatic heterocycles. The fraction of sp³-hybridized carbons (Fsp3) is 0.423. The van der Waals surface area contributed by atoms with Crippen LogP contribution in [-0.4, -0.2) is 52.3 Å². The Bertz CT molecular complexity index is 1040. The second-order valence-corrected chi connectivity index (χ2v) is 9.15. The zero-order valence-electron chi connectivity index (χ0n) is 18.7. The molecule has 4 rings (SSSR count). The van der Waals surface area contributed by atoms with Crippen molar-refractivity contribution >= 4 is 17.7 Å². The minimum atomic E-state index is -1.44. The number of likely N-dealkylation sites (N-methyl/N-ethyl adjacent to an activating group) is 1. The second kappa shape index (κ2) is 9.43. The summed E-state index contributed by atoms with van der Waals surface area (Å²) in [5.41, 5.74) is -0.423. The smallest absolute Gasteiger partial charge is 0.241 e. The van der Waals surface area contributed by atoms with Crippen molar-refractivity contribution in [2.24, 2.45) is 0 Å². The van der Waals surface area contributed by atoms with Gasteiger partial charge < -0.3 is 10.0 Å². The van der Waals surface area contributed by atoms with Gasteiger partial charge >= 0.3 is 0 Å². The van der Waals surface area contributed by atoms with E-state index in [1.165, 1.54) is 28.0 Å². The van der Waals surface area contributed by atoms with Crippen LogP contribution >= 0.6 is 0 Å². The van der Waals surface area contributed by atoms with Gasteiger partial charge in [0.25, 0.3) is 0 Å². The Balaban J connectivity index is 1.60. The third kappa shape index (κ3) is 4.55. The van der Waals surface area contributed by atoms with E-state index >= 15 is 0 Å². The zero-order valence-corrected chi connectivity index (χ0v) is 18.7. The number of carbonyl (C=O) groups is 3. The minimum Gasteiger partial charge on any atom is -0.387 e. The van der Waals surface area contributed by atoms with E-state index in [1.54, 1.807) is 37.4 Å². The number of nitrogens with zero attached hydrogens (tertiary/aromatic N) is 2. The highest BCUT2D eigenvalue weighted by Crippen LogP contribution is 2.43. The number of hydrogen-bond acceptors (Lipinski definition) is 4.